The van der Waals surface area contributed by atoms with Gasteiger partial charge in [-0.2, -0.15) is 0 Å². The third-order valence-corrected chi connectivity index (χ3v) is 2.62. The van der Waals surface area contributed by atoms with Crippen LogP contribution in [0.25, 0.3) is 0 Å². The number of rotatable bonds is 4. The van der Waals surface area contributed by atoms with Gasteiger partial charge < -0.3 is 4.90 Å². The summed E-state index contributed by atoms with van der Waals surface area (Å²) in [6.07, 6.45) is 2.51. The minimum Gasteiger partial charge on any atom is -0.309 e. The quantitative estimate of drug-likeness (QED) is 0.627. The van der Waals surface area contributed by atoms with E-state index >= 15 is 0 Å². The van der Waals surface area contributed by atoms with Crippen molar-refractivity contribution in [3.63, 3.8) is 0 Å². The molecule has 0 amide bonds. The topological polar surface area (TPSA) is 20.3 Å². The Kier molecular flexibility index (Phi) is 3.13. The molecule has 0 saturated heterocycles. The predicted octanol–water partition coefficient (Wildman–Crippen LogP) is 1.48. The monoisotopic (exact) mass is 191 g/mol. The molecule has 0 saturated carbocycles. The van der Waals surface area contributed by atoms with E-state index in [1.165, 1.54) is 0 Å². The van der Waals surface area contributed by atoms with Crippen molar-refractivity contribution in [1.29, 1.82) is 0 Å². The van der Waals surface area contributed by atoms with E-state index in [2.05, 4.69) is 11.8 Å². The Labute approximate surface area is 86.0 Å². The summed E-state index contributed by atoms with van der Waals surface area (Å²) in [6, 6.07) is 0. The van der Waals surface area contributed by atoms with E-state index in [-0.39, 0.29) is 5.78 Å². The van der Waals surface area contributed by atoms with Crippen molar-refractivity contribution >= 4 is 5.78 Å². The lowest BCUT2D eigenvalue weighted by atomic mass is 9.71. The fourth-order valence-corrected chi connectivity index (χ4v) is 1.48. The fourth-order valence-electron chi connectivity index (χ4n) is 1.48. The lowest BCUT2D eigenvalue weighted by Crippen LogP contribution is -2.34. The summed E-state index contributed by atoms with van der Waals surface area (Å²) in [5.74, 6) is 6.13. The number of allylic oxidation sites excluding steroid dienone is 2. The van der Waals surface area contributed by atoms with Crippen LogP contribution < -0.4 is 0 Å². The van der Waals surface area contributed by atoms with Gasteiger partial charge >= 0.3 is 0 Å². The standard InChI is InChI=1S/C12H17NO/c1-5-10-6-8-12(10,2)11(14)7-9-13(3)4/h5H,7,9H2,1-4H3/b10-5+. The summed E-state index contributed by atoms with van der Waals surface area (Å²) in [5.41, 5.74) is 0.492. The number of nitrogens with zero attached hydrogens (tertiary/aromatic N) is 1. The Bertz CT molecular complexity index is 330. The highest BCUT2D eigenvalue weighted by Crippen LogP contribution is 2.34. The molecule has 0 aromatic rings. The Morgan fingerprint density at radius 1 is 1.57 bits per heavy atom. The van der Waals surface area contributed by atoms with E-state index < -0.39 is 5.41 Å². The van der Waals surface area contributed by atoms with E-state index in [9.17, 15) is 4.79 Å². The molecule has 1 unspecified atom stereocenters. The van der Waals surface area contributed by atoms with E-state index in [0.29, 0.717) is 6.42 Å². The van der Waals surface area contributed by atoms with Crippen LogP contribution in [-0.4, -0.2) is 31.3 Å². The minimum absolute atomic E-state index is 0.234. The van der Waals surface area contributed by atoms with Gasteiger partial charge in [0.15, 0.2) is 5.78 Å². The summed E-state index contributed by atoms with van der Waals surface area (Å²) in [4.78, 5) is 13.9. The minimum atomic E-state index is -0.481. The maximum absolute atomic E-state index is 11.9. The van der Waals surface area contributed by atoms with Crippen molar-refractivity contribution in [1.82, 2.24) is 4.90 Å². The molecule has 0 aromatic carbocycles. The second-order valence-electron chi connectivity index (χ2n) is 4.05. The van der Waals surface area contributed by atoms with Crippen LogP contribution in [0, 0.1) is 17.3 Å². The van der Waals surface area contributed by atoms with Gasteiger partial charge in [0.25, 0.3) is 0 Å². The van der Waals surface area contributed by atoms with Crippen LogP contribution in [0.4, 0.5) is 0 Å². The van der Waals surface area contributed by atoms with Crippen LogP contribution in [0.15, 0.2) is 11.6 Å². The van der Waals surface area contributed by atoms with E-state index in [0.717, 1.165) is 12.1 Å². The molecule has 0 spiro atoms. The number of Topliss-reactive ketones (excluding diaryl/α,β-unsaturated/α-hetero) is 1. The van der Waals surface area contributed by atoms with Gasteiger partial charge in [0, 0.05) is 18.5 Å². The van der Waals surface area contributed by atoms with Crippen molar-refractivity contribution in [3.05, 3.63) is 11.6 Å². The molecule has 76 valence electrons. The van der Waals surface area contributed by atoms with Crippen LogP contribution in [0.5, 0.6) is 0 Å². The molecule has 1 aliphatic rings. The lowest BCUT2D eigenvalue weighted by molar-refractivity contribution is -0.124. The number of carbonyl (C=O) groups is 1. The van der Waals surface area contributed by atoms with Gasteiger partial charge in [0.05, 0.1) is 0 Å². The Morgan fingerprint density at radius 2 is 2.21 bits per heavy atom. The molecule has 2 heteroatoms. The van der Waals surface area contributed by atoms with E-state index in [1.54, 1.807) is 0 Å². The molecule has 2 nitrogen and oxygen atoms in total. The molecule has 1 rings (SSSR count). The number of hydrogen-bond acceptors (Lipinski definition) is 2. The molecule has 0 bridgehead atoms. The van der Waals surface area contributed by atoms with Crippen LogP contribution >= 0.6 is 0 Å². The summed E-state index contributed by atoms with van der Waals surface area (Å²) in [7, 11) is 3.94. The first-order valence-electron chi connectivity index (χ1n) is 4.88. The highest BCUT2D eigenvalue weighted by Gasteiger charge is 2.38. The predicted molar refractivity (Wildman–Crippen MR) is 57.8 cm³/mol. The number of carbonyl (C=O) groups excluding carboxylic acids is 1. The van der Waals surface area contributed by atoms with Crippen molar-refractivity contribution < 1.29 is 4.79 Å². The smallest absolute Gasteiger partial charge is 0.157 e. The molecule has 14 heavy (non-hydrogen) atoms. The maximum Gasteiger partial charge on any atom is 0.157 e. The zero-order chi connectivity index (χ0) is 10.8. The third kappa shape index (κ3) is 1.88. The molecule has 0 heterocycles. The summed E-state index contributed by atoms with van der Waals surface area (Å²) in [5, 5.41) is 0. The molecule has 0 fully saturated rings. The van der Waals surface area contributed by atoms with Gasteiger partial charge in [-0.1, -0.05) is 17.9 Å². The van der Waals surface area contributed by atoms with Crippen molar-refractivity contribution in [2.24, 2.45) is 5.41 Å². The van der Waals surface area contributed by atoms with Gasteiger partial charge in [-0.15, -0.1) is 0 Å². The fraction of sp³-hybridized carbons (Fsp3) is 0.583. The molecule has 0 aliphatic heterocycles. The first kappa shape index (κ1) is 11.0. The first-order valence-corrected chi connectivity index (χ1v) is 4.88. The average Bonchev–Trinajstić information content (AvgIpc) is 2.11. The van der Waals surface area contributed by atoms with Crippen molar-refractivity contribution in [2.75, 3.05) is 20.6 Å². The lowest BCUT2D eigenvalue weighted by Gasteiger charge is -2.28. The number of hydrogen-bond donors (Lipinski definition) is 0. The highest BCUT2D eigenvalue weighted by atomic mass is 16.1. The summed E-state index contributed by atoms with van der Waals surface area (Å²) < 4.78 is 0. The zero-order valence-electron chi connectivity index (χ0n) is 9.35. The molecule has 1 aliphatic carbocycles. The highest BCUT2D eigenvalue weighted by molar-refractivity contribution is 5.95. The third-order valence-electron chi connectivity index (χ3n) is 2.62. The van der Waals surface area contributed by atoms with Crippen molar-refractivity contribution in [2.45, 2.75) is 20.3 Å². The summed E-state index contributed by atoms with van der Waals surface area (Å²) in [6.45, 7) is 4.64. The Hall–Kier alpha value is -1.07. The van der Waals surface area contributed by atoms with E-state index in [1.807, 2.05) is 38.9 Å². The molecule has 0 radical (unpaired) electrons. The second-order valence-corrected chi connectivity index (χ2v) is 4.05. The average molecular weight is 191 g/mol. The van der Waals surface area contributed by atoms with Crippen LogP contribution in [0.1, 0.15) is 20.3 Å². The van der Waals surface area contributed by atoms with Gasteiger partial charge in [-0.05, 0) is 27.9 Å². The molecule has 0 N–H and O–H groups in total. The van der Waals surface area contributed by atoms with Gasteiger partial charge in [0.2, 0.25) is 0 Å². The Morgan fingerprint density at radius 3 is 2.57 bits per heavy atom. The molecule has 0 aromatic heterocycles. The molecule has 1 atom stereocenters. The normalized spacial score (nSPS) is 27.1. The zero-order valence-corrected chi connectivity index (χ0v) is 9.35. The number of ketones is 1. The van der Waals surface area contributed by atoms with Crippen molar-refractivity contribution in [3.8, 4) is 11.8 Å². The largest absolute Gasteiger partial charge is 0.309 e. The van der Waals surface area contributed by atoms with Crippen LogP contribution in [-0.2, 0) is 4.79 Å². The van der Waals surface area contributed by atoms with Crippen LogP contribution in [0.3, 0.4) is 0 Å². The van der Waals surface area contributed by atoms with Gasteiger partial charge in [-0.3, -0.25) is 4.79 Å². The van der Waals surface area contributed by atoms with Crippen LogP contribution in [0.2, 0.25) is 0 Å². The Balaban J connectivity index is 2.60. The van der Waals surface area contributed by atoms with Gasteiger partial charge in [-0.25, -0.2) is 0 Å². The second kappa shape index (κ2) is 3.98. The summed E-state index contributed by atoms with van der Waals surface area (Å²) >= 11 is 0. The SMILES string of the molecule is C/C=C1\C#CC1(C)C(=O)CCN(C)C. The molecular weight excluding hydrogens is 174 g/mol. The maximum atomic E-state index is 11.9. The molecular formula is C12H17NO. The van der Waals surface area contributed by atoms with Gasteiger partial charge in [0.1, 0.15) is 5.41 Å². The van der Waals surface area contributed by atoms with E-state index in [4.69, 9.17) is 0 Å². The first-order chi connectivity index (χ1) is 6.50.